The number of carbonyl (C=O) groups is 1. The van der Waals surface area contributed by atoms with Gasteiger partial charge in [-0.2, -0.15) is 0 Å². The topological polar surface area (TPSA) is 30.0 Å². The summed E-state index contributed by atoms with van der Waals surface area (Å²) in [5.41, 5.74) is 2.97. The highest BCUT2D eigenvalue weighted by atomic mass is 35.5. The van der Waals surface area contributed by atoms with Crippen LogP contribution in [0.5, 0.6) is 0 Å². The molecule has 0 saturated heterocycles. The van der Waals surface area contributed by atoms with Gasteiger partial charge in [-0.3, -0.25) is 9.78 Å². The van der Waals surface area contributed by atoms with Crippen LogP contribution in [-0.4, -0.2) is 10.8 Å². The molecule has 0 amide bonds. The van der Waals surface area contributed by atoms with E-state index >= 15 is 0 Å². The van der Waals surface area contributed by atoms with Crippen molar-refractivity contribution >= 4 is 29.0 Å². The minimum atomic E-state index is -0.110. The van der Waals surface area contributed by atoms with E-state index in [1.54, 1.807) is 18.3 Å². The van der Waals surface area contributed by atoms with Gasteiger partial charge >= 0.3 is 0 Å². The number of nitrogens with zero attached hydrogens (tertiary/aromatic N) is 1. The maximum absolute atomic E-state index is 12.6. The van der Waals surface area contributed by atoms with E-state index in [0.29, 0.717) is 16.5 Å². The SMILES string of the molecule is O=C(Cc1ccc(Cl)cc1Cl)C1CCCc2cccnc21. The summed E-state index contributed by atoms with van der Waals surface area (Å²) in [6, 6.07) is 9.27. The van der Waals surface area contributed by atoms with Crippen molar-refractivity contribution in [1.82, 2.24) is 4.98 Å². The molecule has 3 rings (SSSR count). The lowest BCUT2D eigenvalue weighted by Crippen LogP contribution is -2.21. The number of pyridine rings is 1. The fourth-order valence-corrected chi connectivity index (χ4v) is 3.37. The lowest BCUT2D eigenvalue weighted by molar-refractivity contribution is -0.120. The van der Waals surface area contributed by atoms with Crippen molar-refractivity contribution in [3.63, 3.8) is 0 Å². The number of halogens is 2. The number of carbonyl (C=O) groups excluding carboxylic acids is 1. The molecule has 1 aliphatic carbocycles. The largest absolute Gasteiger partial charge is 0.299 e. The number of hydrogen-bond donors (Lipinski definition) is 0. The van der Waals surface area contributed by atoms with E-state index < -0.39 is 0 Å². The van der Waals surface area contributed by atoms with Gasteiger partial charge in [0, 0.05) is 22.7 Å². The fraction of sp³-hybridized carbons (Fsp3) is 0.294. The summed E-state index contributed by atoms with van der Waals surface area (Å²) in [5, 5.41) is 1.13. The highest BCUT2D eigenvalue weighted by Crippen LogP contribution is 2.32. The van der Waals surface area contributed by atoms with E-state index in [0.717, 1.165) is 30.5 Å². The van der Waals surface area contributed by atoms with Crippen LogP contribution in [0, 0.1) is 0 Å². The van der Waals surface area contributed by atoms with Crippen molar-refractivity contribution in [2.75, 3.05) is 0 Å². The molecule has 2 aromatic rings. The monoisotopic (exact) mass is 319 g/mol. The molecule has 0 N–H and O–H groups in total. The first-order chi connectivity index (χ1) is 10.1. The molecule has 1 aliphatic rings. The maximum Gasteiger partial charge on any atom is 0.146 e. The van der Waals surface area contributed by atoms with Crippen molar-refractivity contribution in [3.05, 3.63) is 63.4 Å². The molecule has 108 valence electrons. The predicted octanol–water partition coefficient (Wildman–Crippen LogP) is 4.62. The molecule has 0 bridgehead atoms. The Hall–Kier alpha value is -1.38. The molecular weight excluding hydrogens is 305 g/mol. The van der Waals surface area contributed by atoms with Crippen LogP contribution in [0.3, 0.4) is 0 Å². The summed E-state index contributed by atoms with van der Waals surface area (Å²) in [7, 11) is 0. The van der Waals surface area contributed by atoms with Crippen molar-refractivity contribution < 1.29 is 4.79 Å². The second kappa shape index (κ2) is 6.17. The van der Waals surface area contributed by atoms with Gasteiger partial charge in [-0.25, -0.2) is 0 Å². The Balaban J connectivity index is 1.83. The van der Waals surface area contributed by atoms with E-state index in [2.05, 4.69) is 11.1 Å². The zero-order chi connectivity index (χ0) is 14.8. The van der Waals surface area contributed by atoms with Gasteiger partial charge in [0.1, 0.15) is 5.78 Å². The molecule has 21 heavy (non-hydrogen) atoms. The van der Waals surface area contributed by atoms with Gasteiger partial charge < -0.3 is 0 Å². The van der Waals surface area contributed by atoms with Gasteiger partial charge in [0.05, 0.1) is 11.6 Å². The van der Waals surface area contributed by atoms with Crippen LogP contribution < -0.4 is 0 Å². The third-order valence-electron chi connectivity index (χ3n) is 3.96. The van der Waals surface area contributed by atoms with Crippen LogP contribution in [0.4, 0.5) is 0 Å². The number of ketones is 1. The molecule has 1 heterocycles. The van der Waals surface area contributed by atoms with Gasteiger partial charge in [-0.15, -0.1) is 0 Å². The second-order valence-corrected chi connectivity index (χ2v) is 6.22. The average Bonchev–Trinajstić information content (AvgIpc) is 2.49. The standard InChI is InChI=1S/C17H15Cl2NO/c18-13-7-6-12(15(19)10-13)9-16(21)14-5-1-3-11-4-2-8-20-17(11)14/h2,4,6-8,10,14H,1,3,5,9H2. The number of rotatable bonds is 3. The van der Waals surface area contributed by atoms with Crippen molar-refractivity contribution in [1.29, 1.82) is 0 Å². The van der Waals surface area contributed by atoms with E-state index in [1.807, 2.05) is 12.1 Å². The minimum Gasteiger partial charge on any atom is -0.299 e. The maximum atomic E-state index is 12.6. The van der Waals surface area contributed by atoms with E-state index in [1.165, 1.54) is 5.56 Å². The van der Waals surface area contributed by atoms with Crippen LogP contribution in [0.15, 0.2) is 36.5 Å². The van der Waals surface area contributed by atoms with Crippen LogP contribution in [0.2, 0.25) is 10.0 Å². The Bertz CT molecular complexity index is 684. The number of hydrogen-bond acceptors (Lipinski definition) is 2. The summed E-state index contributed by atoms with van der Waals surface area (Å²) in [6.45, 7) is 0. The third kappa shape index (κ3) is 3.12. The fourth-order valence-electron chi connectivity index (χ4n) is 2.90. The molecule has 1 aromatic heterocycles. The Kier molecular flexibility index (Phi) is 4.27. The Labute approximate surface area is 134 Å². The first-order valence-electron chi connectivity index (χ1n) is 7.05. The van der Waals surface area contributed by atoms with Crippen LogP contribution in [0.1, 0.15) is 35.6 Å². The zero-order valence-corrected chi connectivity index (χ0v) is 13.0. The van der Waals surface area contributed by atoms with Crippen LogP contribution in [-0.2, 0) is 17.6 Å². The predicted molar refractivity (Wildman–Crippen MR) is 85.1 cm³/mol. The van der Waals surface area contributed by atoms with Crippen molar-refractivity contribution in [2.24, 2.45) is 0 Å². The molecule has 0 radical (unpaired) electrons. The first kappa shape index (κ1) is 14.6. The Morgan fingerprint density at radius 2 is 2.14 bits per heavy atom. The summed E-state index contributed by atoms with van der Waals surface area (Å²) < 4.78 is 0. The number of aryl methyl sites for hydroxylation is 1. The normalized spacial score (nSPS) is 17.3. The number of aromatic nitrogens is 1. The number of benzene rings is 1. The quantitative estimate of drug-likeness (QED) is 0.826. The molecule has 4 heteroatoms. The molecule has 0 fully saturated rings. The summed E-state index contributed by atoms with van der Waals surface area (Å²) in [5.74, 6) is 0.0700. The average molecular weight is 320 g/mol. The van der Waals surface area contributed by atoms with Gasteiger partial charge in [0.15, 0.2) is 0 Å². The van der Waals surface area contributed by atoms with Gasteiger partial charge in [-0.05, 0) is 48.6 Å². The highest BCUT2D eigenvalue weighted by molar-refractivity contribution is 6.35. The Morgan fingerprint density at radius 1 is 1.29 bits per heavy atom. The van der Waals surface area contributed by atoms with E-state index in [-0.39, 0.29) is 11.7 Å². The zero-order valence-electron chi connectivity index (χ0n) is 11.5. The van der Waals surface area contributed by atoms with Crippen LogP contribution in [0.25, 0.3) is 0 Å². The first-order valence-corrected chi connectivity index (χ1v) is 7.81. The molecule has 1 atom stereocenters. The van der Waals surface area contributed by atoms with Gasteiger partial charge in [0.2, 0.25) is 0 Å². The summed E-state index contributed by atoms with van der Waals surface area (Å²) >= 11 is 12.1. The molecule has 2 nitrogen and oxygen atoms in total. The lowest BCUT2D eigenvalue weighted by Gasteiger charge is -2.23. The molecular formula is C17H15Cl2NO. The number of Topliss-reactive ketones (excluding diaryl/α,β-unsaturated/α-hetero) is 1. The van der Waals surface area contributed by atoms with Crippen molar-refractivity contribution in [2.45, 2.75) is 31.6 Å². The Morgan fingerprint density at radius 3 is 2.95 bits per heavy atom. The van der Waals surface area contributed by atoms with Gasteiger partial charge in [0.25, 0.3) is 0 Å². The number of fused-ring (bicyclic) bond motifs is 1. The minimum absolute atomic E-state index is 0.110. The third-order valence-corrected chi connectivity index (χ3v) is 4.55. The molecule has 1 aromatic carbocycles. The lowest BCUT2D eigenvalue weighted by atomic mass is 9.82. The molecule has 0 spiro atoms. The molecule has 0 saturated carbocycles. The smallest absolute Gasteiger partial charge is 0.146 e. The van der Waals surface area contributed by atoms with Crippen molar-refractivity contribution in [3.8, 4) is 0 Å². The second-order valence-electron chi connectivity index (χ2n) is 5.37. The van der Waals surface area contributed by atoms with E-state index in [9.17, 15) is 4.79 Å². The van der Waals surface area contributed by atoms with Crippen LogP contribution >= 0.6 is 23.2 Å². The summed E-state index contributed by atoms with van der Waals surface area (Å²) in [4.78, 5) is 17.1. The van der Waals surface area contributed by atoms with Gasteiger partial charge in [-0.1, -0.05) is 35.3 Å². The molecule has 0 aliphatic heterocycles. The highest BCUT2D eigenvalue weighted by Gasteiger charge is 2.27. The molecule has 1 unspecified atom stereocenters. The van der Waals surface area contributed by atoms with E-state index in [4.69, 9.17) is 23.2 Å². The summed E-state index contributed by atoms with van der Waals surface area (Å²) in [6.07, 6.45) is 5.00.